The molecule has 3 atom stereocenters. The molecule has 3 aromatic rings. The molecule has 31 heavy (non-hydrogen) atoms. The van der Waals surface area contributed by atoms with Crippen LogP contribution < -0.4 is 5.32 Å². The van der Waals surface area contributed by atoms with Gasteiger partial charge in [-0.05, 0) is 55.5 Å². The molecular weight excluding hydrogens is 411 g/mol. The highest BCUT2D eigenvalue weighted by Gasteiger charge is 2.33. The van der Waals surface area contributed by atoms with Crippen LogP contribution in [0.3, 0.4) is 0 Å². The van der Waals surface area contributed by atoms with Crippen molar-refractivity contribution in [3.05, 3.63) is 54.1 Å². The third-order valence-corrected chi connectivity index (χ3v) is 5.34. The number of aromatic nitrogens is 4. The van der Waals surface area contributed by atoms with Crippen LogP contribution in [0, 0.1) is 6.92 Å². The summed E-state index contributed by atoms with van der Waals surface area (Å²) in [4.78, 5) is 7.41. The van der Waals surface area contributed by atoms with E-state index in [1.807, 2.05) is 13.0 Å². The average Bonchev–Trinajstić information content (AvgIpc) is 3.19. The molecule has 1 aliphatic carbocycles. The number of rotatable bonds is 4. The number of nitrogens with zero attached hydrogens (tertiary/aromatic N) is 4. The van der Waals surface area contributed by atoms with Gasteiger partial charge in [0.2, 0.25) is 5.95 Å². The molecule has 2 aromatic heterocycles. The Bertz CT molecular complexity index is 1070. The average molecular weight is 433 g/mol. The zero-order valence-corrected chi connectivity index (χ0v) is 16.7. The van der Waals surface area contributed by atoms with Gasteiger partial charge in [0.15, 0.2) is 0 Å². The van der Waals surface area contributed by atoms with Gasteiger partial charge >= 0.3 is 6.18 Å². The first-order valence-corrected chi connectivity index (χ1v) is 9.90. The van der Waals surface area contributed by atoms with Crippen LogP contribution in [0.1, 0.15) is 36.6 Å². The maximum atomic E-state index is 12.9. The molecule has 1 saturated carbocycles. The smallest absolute Gasteiger partial charge is 0.390 e. The number of alkyl halides is 3. The number of hydrogen-bond donors (Lipinski definition) is 3. The Morgan fingerprint density at radius 2 is 1.94 bits per heavy atom. The van der Waals surface area contributed by atoms with Crippen LogP contribution in [-0.2, 0) is 6.18 Å². The number of nitrogens with one attached hydrogen (secondary N) is 1. The van der Waals surface area contributed by atoms with Crippen LogP contribution in [0.4, 0.5) is 24.8 Å². The summed E-state index contributed by atoms with van der Waals surface area (Å²) in [6, 6.07) is 5.98. The van der Waals surface area contributed by atoms with Gasteiger partial charge in [-0.2, -0.15) is 18.3 Å². The van der Waals surface area contributed by atoms with E-state index in [0.717, 1.165) is 35.4 Å². The SMILES string of the molecule is Cc1cc(Nc2nccc(C(F)(F)F)n2)cc(-c2cnn(C3CCC[C@@H](O)[C@H]3O)c2)c1. The fraction of sp³-hybridized carbons (Fsp3) is 0.381. The summed E-state index contributed by atoms with van der Waals surface area (Å²) < 4.78 is 40.4. The number of aliphatic hydroxyl groups is 2. The summed E-state index contributed by atoms with van der Waals surface area (Å²) in [5, 5.41) is 27.4. The summed E-state index contributed by atoms with van der Waals surface area (Å²) in [7, 11) is 0. The summed E-state index contributed by atoms with van der Waals surface area (Å²) in [5.41, 5.74) is 1.98. The zero-order valence-electron chi connectivity index (χ0n) is 16.7. The minimum absolute atomic E-state index is 0.151. The first-order chi connectivity index (χ1) is 14.7. The van der Waals surface area contributed by atoms with Crippen molar-refractivity contribution in [3.8, 4) is 11.1 Å². The Labute approximate surface area is 176 Å². The maximum Gasteiger partial charge on any atom is 0.433 e. The number of anilines is 2. The summed E-state index contributed by atoms with van der Waals surface area (Å²) >= 11 is 0. The van der Waals surface area contributed by atoms with Gasteiger partial charge in [0, 0.05) is 23.6 Å². The van der Waals surface area contributed by atoms with Crippen molar-refractivity contribution in [1.29, 1.82) is 0 Å². The number of halogens is 3. The highest BCUT2D eigenvalue weighted by Crippen LogP contribution is 2.32. The van der Waals surface area contributed by atoms with Crippen molar-refractivity contribution in [2.24, 2.45) is 0 Å². The van der Waals surface area contributed by atoms with Crippen molar-refractivity contribution < 1.29 is 23.4 Å². The van der Waals surface area contributed by atoms with Crippen LogP contribution >= 0.6 is 0 Å². The largest absolute Gasteiger partial charge is 0.433 e. The normalized spacial score (nSPS) is 21.8. The minimum Gasteiger partial charge on any atom is -0.390 e. The molecule has 2 heterocycles. The first-order valence-electron chi connectivity index (χ1n) is 9.90. The summed E-state index contributed by atoms with van der Waals surface area (Å²) in [6.45, 7) is 1.87. The number of aliphatic hydroxyl groups excluding tert-OH is 2. The predicted molar refractivity (Wildman–Crippen MR) is 108 cm³/mol. The fourth-order valence-corrected chi connectivity index (χ4v) is 3.82. The van der Waals surface area contributed by atoms with Crippen molar-refractivity contribution in [1.82, 2.24) is 19.7 Å². The molecule has 1 aliphatic rings. The highest BCUT2D eigenvalue weighted by atomic mass is 19.4. The molecule has 0 radical (unpaired) electrons. The Morgan fingerprint density at radius 3 is 2.71 bits per heavy atom. The lowest BCUT2D eigenvalue weighted by atomic mass is 9.90. The van der Waals surface area contributed by atoms with E-state index >= 15 is 0 Å². The third kappa shape index (κ3) is 4.70. The number of benzene rings is 1. The molecule has 3 N–H and O–H groups in total. The molecule has 0 bridgehead atoms. The molecular formula is C21H22F3N5O2. The van der Waals surface area contributed by atoms with Crippen molar-refractivity contribution >= 4 is 11.6 Å². The lowest BCUT2D eigenvalue weighted by Gasteiger charge is -2.31. The summed E-state index contributed by atoms with van der Waals surface area (Å²) in [6.07, 6.45) is 0.392. The quantitative estimate of drug-likeness (QED) is 0.578. The zero-order chi connectivity index (χ0) is 22.2. The van der Waals surface area contributed by atoms with Gasteiger partial charge in [-0.3, -0.25) is 4.68 Å². The van der Waals surface area contributed by atoms with E-state index in [4.69, 9.17) is 0 Å². The Balaban J connectivity index is 1.59. The molecule has 164 valence electrons. The van der Waals surface area contributed by atoms with Crippen molar-refractivity contribution in [2.75, 3.05) is 5.32 Å². The van der Waals surface area contributed by atoms with Crippen LogP contribution in [-0.4, -0.2) is 42.2 Å². The minimum atomic E-state index is -4.55. The molecule has 0 amide bonds. The van der Waals surface area contributed by atoms with E-state index in [1.165, 1.54) is 0 Å². The van der Waals surface area contributed by atoms with Gasteiger partial charge in [0.25, 0.3) is 0 Å². The third-order valence-electron chi connectivity index (χ3n) is 5.34. The topological polar surface area (TPSA) is 96.1 Å². The van der Waals surface area contributed by atoms with Crippen LogP contribution in [0.5, 0.6) is 0 Å². The van der Waals surface area contributed by atoms with Gasteiger partial charge in [0.1, 0.15) is 11.8 Å². The molecule has 1 fully saturated rings. The lowest BCUT2D eigenvalue weighted by Crippen LogP contribution is -2.38. The second-order valence-corrected chi connectivity index (χ2v) is 7.74. The van der Waals surface area contributed by atoms with E-state index < -0.39 is 24.1 Å². The fourth-order valence-electron chi connectivity index (χ4n) is 3.82. The molecule has 0 aliphatic heterocycles. The molecule has 1 unspecified atom stereocenters. The van der Waals surface area contributed by atoms with Gasteiger partial charge in [0.05, 0.1) is 18.3 Å². The van der Waals surface area contributed by atoms with Crippen molar-refractivity contribution in [2.45, 2.75) is 50.6 Å². The van der Waals surface area contributed by atoms with E-state index in [9.17, 15) is 23.4 Å². The van der Waals surface area contributed by atoms with Gasteiger partial charge in [-0.15, -0.1) is 0 Å². The Morgan fingerprint density at radius 1 is 1.13 bits per heavy atom. The number of hydrogen-bond acceptors (Lipinski definition) is 6. The molecule has 1 aromatic carbocycles. The van der Waals surface area contributed by atoms with Gasteiger partial charge < -0.3 is 15.5 Å². The van der Waals surface area contributed by atoms with E-state index in [2.05, 4.69) is 20.4 Å². The standard InChI is InChI=1S/C21H22F3N5O2/c1-12-7-13(14-10-26-29(11-14)16-3-2-4-17(30)19(16)31)9-15(8-12)27-20-25-6-5-18(28-20)21(22,23)24/h5-11,16-17,19,30-31H,2-4H2,1H3,(H,25,27,28)/t16?,17-,19+/m1/s1. The van der Waals surface area contributed by atoms with Gasteiger partial charge in [-0.1, -0.05) is 6.07 Å². The van der Waals surface area contributed by atoms with Gasteiger partial charge in [-0.25, -0.2) is 9.97 Å². The molecule has 4 rings (SSSR count). The Kier molecular flexibility index (Phi) is 5.67. The van der Waals surface area contributed by atoms with E-state index in [0.29, 0.717) is 18.5 Å². The Hall–Kier alpha value is -2.98. The highest BCUT2D eigenvalue weighted by molar-refractivity contribution is 5.70. The van der Waals surface area contributed by atoms with E-state index in [1.54, 1.807) is 29.2 Å². The second kappa shape index (κ2) is 8.27. The van der Waals surface area contributed by atoms with Crippen LogP contribution in [0.25, 0.3) is 11.1 Å². The first kappa shape index (κ1) is 21.3. The molecule has 0 spiro atoms. The summed E-state index contributed by atoms with van der Waals surface area (Å²) in [5.74, 6) is -0.151. The van der Waals surface area contributed by atoms with E-state index in [-0.39, 0.29) is 12.0 Å². The predicted octanol–water partition coefficient (Wildman–Crippen LogP) is 3.86. The van der Waals surface area contributed by atoms with Crippen molar-refractivity contribution in [3.63, 3.8) is 0 Å². The number of aryl methyl sites for hydroxylation is 1. The van der Waals surface area contributed by atoms with Crippen LogP contribution in [0.2, 0.25) is 0 Å². The lowest BCUT2D eigenvalue weighted by molar-refractivity contribution is -0.141. The van der Waals surface area contributed by atoms with Crippen LogP contribution in [0.15, 0.2) is 42.9 Å². The monoisotopic (exact) mass is 433 g/mol. The molecule has 10 heteroatoms. The maximum absolute atomic E-state index is 12.9. The second-order valence-electron chi connectivity index (χ2n) is 7.74. The molecule has 7 nitrogen and oxygen atoms in total. The molecule has 0 saturated heterocycles.